The first kappa shape index (κ1) is 26.1. The number of hydrogen-bond donors (Lipinski definition) is 1. The molecule has 1 aromatic carbocycles. The van der Waals surface area contributed by atoms with Crippen molar-refractivity contribution >= 4 is 17.9 Å². The Bertz CT molecular complexity index is 900. The Morgan fingerprint density at radius 1 is 0.971 bits per heavy atom. The number of esters is 3. The molecule has 0 radical (unpaired) electrons. The van der Waals surface area contributed by atoms with E-state index < -0.39 is 60.3 Å². The van der Waals surface area contributed by atoms with Crippen LogP contribution in [0.15, 0.2) is 24.3 Å². The van der Waals surface area contributed by atoms with Crippen molar-refractivity contribution in [2.24, 2.45) is 0 Å². The summed E-state index contributed by atoms with van der Waals surface area (Å²) < 4.78 is 28.6. The van der Waals surface area contributed by atoms with Gasteiger partial charge in [0.25, 0.3) is 0 Å². The van der Waals surface area contributed by atoms with Gasteiger partial charge >= 0.3 is 17.9 Å². The standard InChI is InChI=1S/C25H34O9/c1-14-9-8-10-19(13-14)25(29)12-7-6-11-20(25)34-24-23(33-18(5)28)22(32-17(4)27)21(15(2)30-24)31-16(3)26/h8-10,13,15,20-24,29H,6-7,11-12H2,1-5H3/t15-,20+,21+,22+,23-,24-,25+/m0/s1. The van der Waals surface area contributed by atoms with Crippen molar-refractivity contribution in [3.8, 4) is 0 Å². The highest BCUT2D eigenvalue weighted by Gasteiger charge is 2.53. The molecule has 1 saturated carbocycles. The van der Waals surface area contributed by atoms with Gasteiger partial charge in [-0.05, 0) is 32.3 Å². The van der Waals surface area contributed by atoms with E-state index in [9.17, 15) is 19.5 Å². The molecule has 34 heavy (non-hydrogen) atoms. The molecular weight excluding hydrogens is 444 g/mol. The second-order valence-corrected chi connectivity index (χ2v) is 9.10. The zero-order valence-electron chi connectivity index (χ0n) is 20.3. The molecule has 7 atom stereocenters. The minimum atomic E-state index is -1.28. The highest BCUT2D eigenvalue weighted by Crippen LogP contribution is 2.41. The minimum Gasteiger partial charge on any atom is -0.456 e. The molecule has 1 aliphatic heterocycles. The summed E-state index contributed by atoms with van der Waals surface area (Å²) in [5.41, 5.74) is 0.468. The summed E-state index contributed by atoms with van der Waals surface area (Å²) in [4.78, 5) is 35.5. The number of carbonyl (C=O) groups is 3. The first-order valence-electron chi connectivity index (χ1n) is 11.6. The van der Waals surface area contributed by atoms with Crippen molar-refractivity contribution in [2.75, 3.05) is 0 Å². The topological polar surface area (TPSA) is 118 Å². The van der Waals surface area contributed by atoms with Crippen molar-refractivity contribution in [2.45, 2.75) is 103 Å². The molecule has 0 unspecified atom stereocenters. The Hall–Kier alpha value is -2.49. The zero-order valence-corrected chi connectivity index (χ0v) is 20.3. The van der Waals surface area contributed by atoms with E-state index >= 15 is 0 Å². The number of rotatable bonds is 6. The van der Waals surface area contributed by atoms with Gasteiger partial charge in [0.05, 0.1) is 12.2 Å². The van der Waals surface area contributed by atoms with E-state index in [2.05, 4.69) is 0 Å². The maximum atomic E-state index is 11.9. The minimum absolute atomic E-state index is 0.491. The molecule has 0 amide bonds. The third-order valence-electron chi connectivity index (χ3n) is 6.26. The molecule has 1 aliphatic carbocycles. The smallest absolute Gasteiger partial charge is 0.303 e. The van der Waals surface area contributed by atoms with Crippen molar-refractivity contribution in [3.63, 3.8) is 0 Å². The lowest BCUT2D eigenvalue weighted by atomic mass is 9.77. The second-order valence-electron chi connectivity index (χ2n) is 9.10. The summed E-state index contributed by atoms with van der Waals surface area (Å²) in [7, 11) is 0. The lowest BCUT2D eigenvalue weighted by Crippen LogP contribution is -2.62. The van der Waals surface area contributed by atoms with Gasteiger partial charge in [-0.1, -0.05) is 42.7 Å². The first-order valence-corrected chi connectivity index (χ1v) is 11.6. The van der Waals surface area contributed by atoms with Crippen molar-refractivity contribution < 1.29 is 43.2 Å². The van der Waals surface area contributed by atoms with E-state index in [0.717, 1.165) is 24.0 Å². The molecule has 1 N–H and O–H groups in total. The first-order chi connectivity index (χ1) is 16.0. The molecule has 0 bridgehead atoms. The number of carbonyl (C=O) groups excluding carboxylic acids is 3. The summed E-state index contributed by atoms with van der Waals surface area (Å²) in [6, 6.07) is 7.62. The maximum absolute atomic E-state index is 11.9. The van der Waals surface area contributed by atoms with Crippen LogP contribution in [0, 0.1) is 6.92 Å². The normalized spacial score (nSPS) is 33.6. The predicted octanol–water partition coefficient (Wildman–Crippen LogP) is 2.68. The summed E-state index contributed by atoms with van der Waals surface area (Å²) in [6.45, 7) is 7.25. The van der Waals surface area contributed by atoms with Crippen LogP contribution >= 0.6 is 0 Å². The molecular formula is C25H34O9. The molecule has 9 heteroatoms. The molecule has 2 aliphatic rings. The number of hydrogen-bond acceptors (Lipinski definition) is 9. The van der Waals surface area contributed by atoms with Gasteiger partial charge in [-0.3, -0.25) is 14.4 Å². The highest BCUT2D eigenvalue weighted by molar-refractivity contribution is 5.68. The molecule has 1 aromatic rings. The van der Waals surface area contributed by atoms with Crippen LogP contribution in [0.5, 0.6) is 0 Å². The van der Waals surface area contributed by atoms with E-state index in [1.807, 2.05) is 31.2 Å². The summed E-state index contributed by atoms with van der Waals surface area (Å²) in [6.07, 6.45) is -3.21. The molecule has 0 aromatic heterocycles. The summed E-state index contributed by atoms with van der Waals surface area (Å²) in [5.74, 6) is -1.88. The van der Waals surface area contributed by atoms with Crippen LogP contribution in [-0.4, -0.2) is 59.8 Å². The van der Waals surface area contributed by atoms with Crippen LogP contribution in [0.3, 0.4) is 0 Å². The fraction of sp³-hybridized carbons (Fsp3) is 0.640. The molecule has 3 rings (SSSR count). The van der Waals surface area contributed by atoms with E-state index in [4.69, 9.17) is 23.7 Å². The Morgan fingerprint density at radius 2 is 1.59 bits per heavy atom. The fourth-order valence-corrected chi connectivity index (χ4v) is 4.79. The quantitative estimate of drug-likeness (QED) is 0.486. The Labute approximate surface area is 199 Å². The number of aliphatic hydroxyl groups is 1. The van der Waals surface area contributed by atoms with Gasteiger partial charge in [0, 0.05) is 20.8 Å². The van der Waals surface area contributed by atoms with Gasteiger partial charge in [0.15, 0.2) is 24.6 Å². The van der Waals surface area contributed by atoms with Gasteiger partial charge in [-0.15, -0.1) is 0 Å². The second kappa shape index (κ2) is 10.8. The van der Waals surface area contributed by atoms with Crippen molar-refractivity contribution in [1.29, 1.82) is 0 Å². The fourth-order valence-electron chi connectivity index (χ4n) is 4.79. The predicted molar refractivity (Wildman–Crippen MR) is 119 cm³/mol. The Morgan fingerprint density at radius 3 is 2.21 bits per heavy atom. The SMILES string of the molecule is CC(=O)O[C@H]1[C@H](OC(C)=O)[C@H](O[C@@H]2CCCC[C@@]2(O)c2cccc(C)c2)O[C@@H](C)[C@H]1OC(C)=O. The van der Waals surface area contributed by atoms with Crippen LogP contribution in [-0.2, 0) is 43.7 Å². The Kier molecular flexibility index (Phi) is 8.33. The van der Waals surface area contributed by atoms with E-state index in [-0.39, 0.29) is 0 Å². The van der Waals surface area contributed by atoms with Gasteiger partial charge in [0.1, 0.15) is 5.60 Å². The van der Waals surface area contributed by atoms with Crippen LogP contribution < -0.4 is 0 Å². The summed E-state index contributed by atoms with van der Waals surface area (Å²) >= 11 is 0. The monoisotopic (exact) mass is 478 g/mol. The average molecular weight is 479 g/mol. The maximum Gasteiger partial charge on any atom is 0.303 e. The molecule has 0 spiro atoms. The van der Waals surface area contributed by atoms with E-state index in [0.29, 0.717) is 12.8 Å². The lowest BCUT2D eigenvalue weighted by molar-refractivity contribution is -0.325. The number of ether oxygens (including phenoxy) is 5. The molecule has 1 heterocycles. The van der Waals surface area contributed by atoms with E-state index in [1.54, 1.807) is 6.92 Å². The van der Waals surface area contributed by atoms with Gasteiger partial charge in [-0.2, -0.15) is 0 Å². The van der Waals surface area contributed by atoms with Crippen LogP contribution in [0.4, 0.5) is 0 Å². The van der Waals surface area contributed by atoms with Crippen LogP contribution in [0.2, 0.25) is 0 Å². The zero-order chi connectivity index (χ0) is 25.0. The molecule has 1 saturated heterocycles. The largest absolute Gasteiger partial charge is 0.456 e. The lowest BCUT2D eigenvalue weighted by Gasteiger charge is -2.47. The molecule has 9 nitrogen and oxygen atoms in total. The van der Waals surface area contributed by atoms with Gasteiger partial charge < -0.3 is 28.8 Å². The van der Waals surface area contributed by atoms with Crippen LogP contribution in [0.25, 0.3) is 0 Å². The highest BCUT2D eigenvalue weighted by atomic mass is 16.7. The van der Waals surface area contributed by atoms with Gasteiger partial charge in [-0.25, -0.2) is 0 Å². The third kappa shape index (κ3) is 5.95. The van der Waals surface area contributed by atoms with Crippen molar-refractivity contribution in [3.05, 3.63) is 35.4 Å². The average Bonchev–Trinajstić information content (AvgIpc) is 2.74. The van der Waals surface area contributed by atoms with Crippen molar-refractivity contribution in [1.82, 2.24) is 0 Å². The molecule has 188 valence electrons. The summed E-state index contributed by atoms with van der Waals surface area (Å²) in [5, 5.41) is 11.7. The van der Waals surface area contributed by atoms with Gasteiger partial charge in [0.2, 0.25) is 0 Å². The number of aryl methyl sites for hydroxylation is 1. The molecule has 2 fully saturated rings. The van der Waals surface area contributed by atoms with E-state index in [1.165, 1.54) is 20.8 Å². The third-order valence-corrected chi connectivity index (χ3v) is 6.26. The Balaban J connectivity index is 1.94. The number of benzene rings is 1. The van der Waals surface area contributed by atoms with Crippen LogP contribution in [0.1, 0.15) is 64.5 Å².